The maximum Gasteiger partial charge on any atom is 0.194 e. The van der Waals surface area contributed by atoms with Crippen LogP contribution in [0.1, 0.15) is 145 Å². The molecule has 0 fully saturated rings. The molecule has 2 nitrogen and oxygen atoms in total. The summed E-state index contributed by atoms with van der Waals surface area (Å²) < 4.78 is 0. The van der Waals surface area contributed by atoms with Gasteiger partial charge in [0.1, 0.15) is 0 Å². The van der Waals surface area contributed by atoms with Crippen LogP contribution >= 0.6 is 0 Å². The summed E-state index contributed by atoms with van der Waals surface area (Å²) >= 11 is 0. The number of unbranched alkanes of at least 4 members (excludes halogenated alkanes) is 9. The second kappa shape index (κ2) is 14.4. The maximum absolute atomic E-state index is 14.0. The van der Waals surface area contributed by atoms with Gasteiger partial charge in [-0.15, -0.1) is 0 Å². The van der Waals surface area contributed by atoms with E-state index in [-0.39, 0.29) is 5.78 Å². The molecule has 230 valence electrons. The highest BCUT2D eigenvalue weighted by molar-refractivity contribution is 6.27. The summed E-state index contributed by atoms with van der Waals surface area (Å²) in [6.07, 6.45) is 15.9. The van der Waals surface area contributed by atoms with E-state index in [0.717, 1.165) is 74.9 Å². The Morgan fingerprint density at radius 2 is 0.867 bits per heavy atom. The monoisotopic (exact) mass is 593 g/mol. The summed E-state index contributed by atoms with van der Waals surface area (Å²) in [7, 11) is 0. The van der Waals surface area contributed by atoms with Gasteiger partial charge in [-0.05, 0) is 82.3 Å². The molecule has 0 unspecified atom stereocenters. The van der Waals surface area contributed by atoms with Gasteiger partial charge >= 0.3 is 0 Å². The van der Waals surface area contributed by atoms with Crippen LogP contribution in [0, 0.1) is 5.41 Å². The van der Waals surface area contributed by atoms with Gasteiger partial charge < -0.3 is 0 Å². The number of rotatable bonds is 13. The lowest BCUT2D eigenvalue weighted by atomic mass is 9.72. The molecule has 6 rings (SSSR count). The molecule has 2 aliphatic carbocycles. The van der Waals surface area contributed by atoms with E-state index in [9.17, 15) is 10.2 Å². The van der Waals surface area contributed by atoms with Crippen LogP contribution in [0.2, 0.25) is 0 Å². The molecule has 2 heteroatoms. The lowest BCUT2D eigenvalue weighted by Gasteiger charge is -2.30. The smallest absolute Gasteiger partial charge is 0.194 e. The first kappa shape index (κ1) is 31.0. The van der Waals surface area contributed by atoms with Crippen molar-refractivity contribution in [2.24, 2.45) is 0 Å². The molecule has 0 radical (unpaired) electrons. The van der Waals surface area contributed by atoms with Gasteiger partial charge in [0, 0.05) is 22.3 Å². The van der Waals surface area contributed by atoms with E-state index >= 15 is 0 Å². The van der Waals surface area contributed by atoms with E-state index in [1.165, 1.54) is 75.3 Å². The van der Waals surface area contributed by atoms with Gasteiger partial charge in [0.15, 0.2) is 5.78 Å². The lowest BCUT2D eigenvalue weighted by Crippen LogP contribution is -2.20. The quantitative estimate of drug-likeness (QED) is 0.133. The summed E-state index contributed by atoms with van der Waals surface area (Å²) in [4.78, 5) is 14.0. The highest BCUT2D eigenvalue weighted by Gasteiger charge is 2.33. The van der Waals surface area contributed by atoms with Crippen LogP contribution in [0.4, 0.5) is 0 Å². The van der Waals surface area contributed by atoms with Crippen molar-refractivity contribution < 1.29 is 4.79 Å². The molecule has 0 heterocycles. The number of aryl methyl sites for hydroxylation is 2. The highest BCUT2D eigenvalue weighted by Crippen LogP contribution is 2.47. The maximum atomic E-state index is 14.0. The zero-order chi connectivity index (χ0) is 31.2. The van der Waals surface area contributed by atoms with E-state index in [4.69, 9.17) is 0 Å². The number of carbonyl (C=O) groups excluding carboxylic acids is 1. The average molecular weight is 594 g/mol. The number of carbonyl (C=O) groups is 1. The Balaban J connectivity index is 1.45. The van der Waals surface area contributed by atoms with E-state index in [2.05, 4.69) is 74.5 Å². The molecule has 0 aliphatic heterocycles. The number of ketones is 1. The molecule has 0 atom stereocenters. The van der Waals surface area contributed by atoms with E-state index in [1.807, 2.05) is 24.3 Å². The Morgan fingerprint density at radius 3 is 1.44 bits per heavy atom. The summed E-state index contributed by atoms with van der Waals surface area (Å²) in [6, 6.07) is 29.9. The molecule has 1 N–H and O–H groups in total. The molecule has 0 saturated carbocycles. The van der Waals surface area contributed by atoms with Crippen molar-refractivity contribution in [2.75, 3.05) is 0 Å². The zero-order valence-corrected chi connectivity index (χ0v) is 27.2. The third-order valence-corrected chi connectivity index (χ3v) is 9.77. The van der Waals surface area contributed by atoms with Gasteiger partial charge in [-0.2, -0.15) is 0 Å². The number of hydrogen-bond acceptors (Lipinski definition) is 2. The minimum Gasteiger partial charge on any atom is -0.300 e. The number of fused-ring (bicyclic) bond motifs is 4. The predicted molar refractivity (Wildman–Crippen MR) is 190 cm³/mol. The van der Waals surface area contributed by atoms with Crippen LogP contribution in [0.15, 0.2) is 84.9 Å². The normalized spacial score (nSPS) is 15.0. The molecule has 0 spiro atoms. The van der Waals surface area contributed by atoms with Crippen molar-refractivity contribution in [3.8, 4) is 0 Å². The van der Waals surface area contributed by atoms with Gasteiger partial charge in [0.05, 0.1) is 5.71 Å². The van der Waals surface area contributed by atoms with E-state index in [1.54, 1.807) is 0 Å². The SMILES string of the molecule is CCCCCCCCc1ccc2c(c1)C(=N)c1ccccc1C2=C1c2ccccc2C(=O)c2cc(CCCCCCC)ccc21. The fourth-order valence-corrected chi connectivity index (χ4v) is 7.30. The topological polar surface area (TPSA) is 40.9 Å². The van der Waals surface area contributed by atoms with Crippen LogP contribution in [-0.2, 0) is 12.8 Å². The predicted octanol–water partition coefficient (Wildman–Crippen LogP) is 11.4. The largest absolute Gasteiger partial charge is 0.300 e. The van der Waals surface area contributed by atoms with Gasteiger partial charge in [-0.1, -0.05) is 144 Å². The van der Waals surface area contributed by atoms with Gasteiger partial charge in [-0.25, -0.2) is 0 Å². The molecule has 0 bridgehead atoms. The number of benzene rings is 4. The molecule has 2 aliphatic rings. The molecular formula is C43H47NO. The van der Waals surface area contributed by atoms with Crippen molar-refractivity contribution in [1.82, 2.24) is 0 Å². The Hall–Kier alpha value is -4.04. The van der Waals surface area contributed by atoms with Crippen LogP contribution in [-0.4, -0.2) is 11.5 Å². The molecule has 0 saturated heterocycles. The summed E-state index contributed by atoms with van der Waals surface area (Å²) in [6.45, 7) is 4.51. The third kappa shape index (κ3) is 6.39. The summed E-state index contributed by atoms with van der Waals surface area (Å²) in [5.74, 6) is 0.115. The van der Waals surface area contributed by atoms with Gasteiger partial charge in [0.2, 0.25) is 0 Å². The van der Waals surface area contributed by atoms with Crippen molar-refractivity contribution in [1.29, 1.82) is 5.41 Å². The molecule has 0 aromatic heterocycles. The summed E-state index contributed by atoms with van der Waals surface area (Å²) in [5.41, 5.74) is 13.1. The Bertz CT molecular complexity index is 1740. The first-order chi connectivity index (χ1) is 22.1. The van der Waals surface area contributed by atoms with Gasteiger partial charge in [0.25, 0.3) is 0 Å². The van der Waals surface area contributed by atoms with Crippen LogP contribution in [0.3, 0.4) is 0 Å². The highest BCUT2D eigenvalue weighted by atomic mass is 16.1. The minimum absolute atomic E-state index is 0.115. The van der Waals surface area contributed by atoms with Crippen molar-refractivity contribution in [3.63, 3.8) is 0 Å². The Labute approximate surface area is 270 Å². The fourth-order valence-electron chi connectivity index (χ4n) is 7.30. The summed E-state index contributed by atoms with van der Waals surface area (Å²) in [5, 5.41) is 9.32. The fraction of sp³-hybridized carbons (Fsp3) is 0.349. The third-order valence-electron chi connectivity index (χ3n) is 9.77. The van der Waals surface area contributed by atoms with Crippen LogP contribution in [0.5, 0.6) is 0 Å². The van der Waals surface area contributed by atoms with Crippen LogP contribution < -0.4 is 0 Å². The molecule has 0 amide bonds. The number of nitrogens with one attached hydrogen (secondary N) is 1. The van der Waals surface area contributed by atoms with E-state index in [0.29, 0.717) is 5.71 Å². The average Bonchev–Trinajstić information content (AvgIpc) is 3.08. The first-order valence-electron chi connectivity index (χ1n) is 17.5. The first-order valence-corrected chi connectivity index (χ1v) is 17.5. The van der Waals surface area contributed by atoms with Gasteiger partial charge in [-0.3, -0.25) is 10.2 Å². The number of hydrogen-bond donors (Lipinski definition) is 1. The Kier molecular flexibility index (Phi) is 9.89. The second-order valence-electron chi connectivity index (χ2n) is 13.0. The lowest BCUT2D eigenvalue weighted by molar-refractivity contribution is 0.103. The van der Waals surface area contributed by atoms with E-state index < -0.39 is 0 Å². The molecular weight excluding hydrogens is 546 g/mol. The van der Waals surface area contributed by atoms with Crippen molar-refractivity contribution >= 4 is 22.6 Å². The molecule has 4 aromatic rings. The second-order valence-corrected chi connectivity index (χ2v) is 13.0. The Morgan fingerprint density at radius 1 is 0.444 bits per heavy atom. The molecule has 45 heavy (non-hydrogen) atoms. The minimum atomic E-state index is 0.115. The van der Waals surface area contributed by atoms with Crippen molar-refractivity contribution in [2.45, 2.75) is 97.3 Å². The zero-order valence-electron chi connectivity index (χ0n) is 27.2. The standard InChI is InChI=1S/C43H47NO/c1-3-5-7-9-11-13-18-30-24-26-34-38(28-30)42(44)36-22-16-14-20-32(36)40(34)41-33-21-15-17-23-37(33)43(45)39-29-31(25-27-35(39)41)19-12-10-8-6-4-2/h14-17,20-29,44H,3-13,18-19H2,1-2H3. The van der Waals surface area contributed by atoms with Crippen molar-refractivity contribution in [3.05, 3.63) is 141 Å². The molecule has 4 aromatic carbocycles. The van der Waals surface area contributed by atoms with Crippen LogP contribution in [0.25, 0.3) is 11.1 Å².